The Morgan fingerprint density at radius 1 is 0.714 bits per heavy atom. The summed E-state index contributed by atoms with van der Waals surface area (Å²) >= 11 is 0. The quantitative estimate of drug-likeness (QED) is 0.480. The van der Waals surface area contributed by atoms with Gasteiger partial charge in [0.2, 0.25) is 0 Å². The second-order valence-corrected chi connectivity index (χ2v) is 5.91. The number of hydrogen-bond acceptors (Lipinski definition) is 1. The molecular formula is C19H30O2. The first-order chi connectivity index (χ1) is 10.3. The Hall–Kier alpha value is -1.31. The molecule has 0 heterocycles. The van der Waals surface area contributed by atoms with Crippen molar-refractivity contribution >= 4 is 5.97 Å². The predicted molar refractivity (Wildman–Crippen MR) is 88.6 cm³/mol. The summed E-state index contributed by atoms with van der Waals surface area (Å²) in [5.41, 5.74) is 1.46. The highest BCUT2D eigenvalue weighted by molar-refractivity contribution is 5.66. The van der Waals surface area contributed by atoms with E-state index in [-0.39, 0.29) is 0 Å². The SMILES string of the molecule is O=C(O)CCCCCCCCCCCCc1ccccc1. The summed E-state index contributed by atoms with van der Waals surface area (Å²) < 4.78 is 0. The molecule has 1 rings (SSSR count). The van der Waals surface area contributed by atoms with Gasteiger partial charge in [-0.1, -0.05) is 81.7 Å². The number of carbonyl (C=O) groups is 1. The summed E-state index contributed by atoms with van der Waals surface area (Å²) in [6.45, 7) is 0. The fraction of sp³-hybridized carbons (Fsp3) is 0.632. The Balaban J connectivity index is 1.78. The van der Waals surface area contributed by atoms with Crippen LogP contribution in [0.4, 0.5) is 0 Å². The summed E-state index contributed by atoms with van der Waals surface area (Å²) in [7, 11) is 0. The normalized spacial score (nSPS) is 10.7. The number of hydrogen-bond donors (Lipinski definition) is 1. The van der Waals surface area contributed by atoms with Crippen molar-refractivity contribution in [2.24, 2.45) is 0 Å². The molecule has 0 unspecified atom stereocenters. The molecule has 1 aromatic carbocycles. The highest BCUT2D eigenvalue weighted by Crippen LogP contribution is 2.12. The predicted octanol–water partition coefficient (Wildman–Crippen LogP) is 5.60. The minimum Gasteiger partial charge on any atom is -0.481 e. The number of benzene rings is 1. The molecule has 0 aliphatic heterocycles. The van der Waals surface area contributed by atoms with Gasteiger partial charge in [0.1, 0.15) is 0 Å². The average Bonchev–Trinajstić information content (AvgIpc) is 2.49. The van der Waals surface area contributed by atoms with Gasteiger partial charge in [-0.15, -0.1) is 0 Å². The first-order valence-corrected chi connectivity index (χ1v) is 8.55. The van der Waals surface area contributed by atoms with Crippen molar-refractivity contribution < 1.29 is 9.90 Å². The van der Waals surface area contributed by atoms with E-state index >= 15 is 0 Å². The van der Waals surface area contributed by atoms with E-state index in [1.165, 1.54) is 63.4 Å². The summed E-state index contributed by atoms with van der Waals surface area (Å²) in [5, 5.41) is 8.53. The van der Waals surface area contributed by atoms with E-state index in [1.54, 1.807) is 0 Å². The molecule has 0 aromatic heterocycles. The van der Waals surface area contributed by atoms with Crippen LogP contribution in [0.25, 0.3) is 0 Å². The Morgan fingerprint density at radius 2 is 1.19 bits per heavy atom. The van der Waals surface area contributed by atoms with Crippen molar-refractivity contribution in [2.45, 2.75) is 77.0 Å². The number of carboxylic acids is 1. The van der Waals surface area contributed by atoms with Gasteiger partial charge in [-0.3, -0.25) is 4.79 Å². The van der Waals surface area contributed by atoms with Crippen LogP contribution in [0.15, 0.2) is 30.3 Å². The van der Waals surface area contributed by atoms with E-state index < -0.39 is 5.97 Å². The summed E-state index contributed by atoms with van der Waals surface area (Å²) in [6.07, 6.45) is 13.9. The van der Waals surface area contributed by atoms with Crippen molar-refractivity contribution in [1.82, 2.24) is 0 Å². The molecule has 1 N–H and O–H groups in total. The van der Waals surface area contributed by atoms with Crippen LogP contribution in [-0.2, 0) is 11.2 Å². The molecule has 21 heavy (non-hydrogen) atoms. The number of carboxylic acid groups (broad SMARTS) is 1. The molecular weight excluding hydrogens is 260 g/mol. The van der Waals surface area contributed by atoms with Gasteiger partial charge in [0.25, 0.3) is 0 Å². The molecule has 0 aliphatic carbocycles. The van der Waals surface area contributed by atoms with Crippen LogP contribution < -0.4 is 0 Å². The van der Waals surface area contributed by atoms with Crippen LogP contribution in [0.5, 0.6) is 0 Å². The summed E-state index contributed by atoms with van der Waals surface area (Å²) in [5.74, 6) is -0.662. The van der Waals surface area contributed by atoms with Gasteiger partial charge in [0.05, 0.1) is 0 Å². The number of rotatable bonds is 13. The molecule has 0 radical (unpaired) electrons. The fourth-order valence-electron chi connectivity index (χ4n) is 2.66. The van der Waals surface area contributed by atoms with Gasteiger partial charge in [0, 0.05) is 6.42 Å². The zero-order chi connectivity index (χ0) is 15.2. The second kappa shape index (κ2) is 12.4. The number of aliphatic carboxylic acids is 1. The molecule has 0 saturated heterocycles. The highest BCUT2D eigenvalue weighted by atomic mass is 16.4. The maximum absolute atomic E-state index is 10.4. The molecule has 0 saturated carbocycles. The smallest absolute Gasteiger partial charge is 0.303 e. The minimum atomic E-state index is -0.662. The standard InChI is InChI=1S/C19H30O2/c20-19(21)17-13-8-6-4-2-1-3-5-7-10-14-18-15-11-9-12-16-18/h9,11-12,15-16H,1-8,10,13-14,17H2,(H,20,21). The maximum Gasteiger partial charge on any atom is 0.303 e. The third kappa shape index (κ3) is 11.1. The van der Waals surface area contributed by atoms with Gasteiger partial charge in [0.15, 0.2) is 0 Å². The molecule has 0 amide bonds. The Bertz CT molecular complexity index is 359. The second-order valence-electron chi connectivity index (χ2n) is 5.91. The Kier molecular flexibility index (Phi) is 10.5. The van der Waals surface area contributed by atoms with Crippen LogP contribution in [0.3, 0.4) is 0 Å². The Morgan fingerprint density at radius 3 is 1.71 bits per heavy atom. The van der Waals surface area contributed by atoms with Gasteiger partial charge >= 0.3 is 5.97 Å². The summed E-state index contributed by atoms with van der Waals surface area (Å²) in [4.78, 5) is 10.4. The first kappa shape index (κ1) is 17.7. The van der Waals surface area contributed by atoms with Crippen LogP contribution in [-0.4, -0.2) is 11.1 Å². The average molecular weight is 290 g/mol. The van der Waals surface area contributed by atoms with Crippen LogP contribution >= 0.6 is 0 Å². The fourth-order valence-corrected chi connectivity index (χ4v) is 2.66. The van der Waals surface area contributed by atoms with Crippen molar-refractivity contribution in [3.8, 4) is 0 Å². The van der Waals surface area contributed by atoms with Gasteiger partial charge in [-0.25, -0.2) is 0 Å². The number of unbranched alkanes of at least 4 members (excludes halogenated alkanes) is 9. The molecule has 0 fully saturated rings. The van der Waals surface area contributed by atoms with Gasteiger partial charge in [-0.2, -0.15) is 0 Å². The van der Waals surface area contributed by atoms with Crippen molar-refractivity contribution in [1.29, 1.82) is 0 Å². The lowest BCUT2D eigenvalue weighted by Gasteiger charge is -2.03. The van der Waals surface area contributed by atoms with Crippen LogP contribution in [0, 0.1) is 0 Å². The monoisotopic (exact) mass is 290 g/mol. The van der Waals surface area contributed by atoms with E-state index in [1.807, 2.05) is 0 Å². The highest BCUT2D eigenvalue weighted by Gasteiger charge is 1.97. The lowest BCUT2D eigenvalue weighted by Crippen LogP contribution is -1.93. The molecule has 0 bridgehead atoms. The maximum atomic E-state index is 10.4. The Labute approximate surface area is 129 Å². The largest absolute Gasteiger partial charge is 0.481 e. The summed E-state index contributed by atoms with van der Waals surface area (Å²) in [6, 6.07) is 10.7. The molecule has 0 aliphatic rings. The van der Waals surface area contributed by atoms with Crippen LogP contribution in [0.2, 0.25) is 0 Å². The molecule has 2 heteroatoms. The zero-order valence-electron chi connectivity index (χ0n) is 13.2. The molecule has 1 aromatic rings. The van der Waals surface area contributed by atoms with E-state index in [9.17, 15) is 4.79 Å². The zero-order valence-corrected chi connectivity index (χ0v) is 13.2. The van der Waals surface area contributed by atoms with Crippen molar-refractivity contribution in [3.05, 3.63) is 35.9 Å². The van der Waals surface area contributed by atoms with Crippen molar-refractivity contribution in [3.63, 3.8) is 0 Å². The first-order valence-electron chi connectivity index (χ1n) is 8.55. The lowest BCUT2D eigenvalue weighted by atomic mass is 10.0. The van der Waals surface area contributed by atoms with E-state index in [0.717, 1.165) is 12.8 Å². The van der Waals surface area contributed by atoms with Gasteiger partial charge < -0.3 is 5.11 Å². The molecule has 2 nitrogen and oxygen atoms in total. The molecule has 0 spiro atoms. The third-order valence-corrected chi connectivity index (χ3v) is 3.95. The van der Waals surface area contributed by atoms with E-state index in [0.29, 0.717) is 6.42 Å². The van der Waals surface area contributed by atoms with Crippen LogP contribution in [0.1, 0.15) is 76.2 Å². The topological polar surface area (TPSA) is 37.3 Å². The van der Waals surface area contributed by atoms with Gasteiger partial charge in [-0.05, 0) is 24.8 Å². The minimum absolute atomic E-state index is 0.335. The van der Waals surface area contributed by atoms with E-state index in [4.69, 9.17) is 5.11 Å². The van der Waals surface area contributed by atoms with E-state index in [2.05, 4.69) is 30.3 Å². The lowest BCUT2D eigenvalue weighted by molar-refractivity contribution is -0.137. The molecule has 0 atom stereocenters. The van der Waals surface area contributed by atoms with Crippen molar-refractivity contribution in [2.75, 3.05) is 0 Å². The number of aryl methyl sites for hydroxylation is 1. The third-order valence-electron chi connectivity index (χ3n) is 3.95. The molecule has 118 valence electrons.